The zero-order chi connectivity index (χ0) is 12.3. The van der Waals surface area contributed by atoms with Gasteiger partial charge in [-0.2, -0.15) is 0 Å². The summed E-state index contributed by atoms with van der Waals surface area (Å²) >= 11 is 5.56. The molecule has 2 N–H and O–H groups in total. The van der Waals surface area contributed by atoms with Crippen LogP contribution in [0.2, 0.25) is 0 Å². The molecule has 0 fully saturated rings. The Morgan fingerprint density at radius 3 is 2.81 bits per heavy atom. The maximum Gasteiger partial charge on any atom is 0.232 e. The monoisotopic (exact) mass is 241 g/mol. The van der Waals surface area contributed by atoms with E-state index in [0.717, 1.165) is 0 Å². The van der Waals surface area contributed by atoms with Gasteiger partial charge in [0.05, 0.1) is 5.41 Å². The van der Waals surface area contributed by atoms with Crippen molar-refractivity contribution < 1.29 is 9.18 Å². The van der Waals surface area contributed by atoms with Crippen molar-refractivity contribution in [3.63, 3.8) is 0 Å². The molecule has 0 aliphatic carbocycles. The first-order chi connectivity index (χ1) is 7.41. The molecule has 0 aliphatic heterocycles. The predicted molar refractivity (Wildman–Crippen MR) is 63.8 cm³/mol. The number of anilines is 1. The molecule has 0 heterocycles. The van der Waals surface area contributed by atoms with Crippen molar-refractivity contribution in [1.29, 1.82) is 0 Å². The van der Waals surface area contributed by atoms with Crippen LogP contribution in [-0.2, 0) is 10.2 Å². The molecule has 0 amide bonds. The highest BCUT2D eigenvalue weighted by atomic mass is 35.5. The summed E-state index contributed by atoms with van der Waals surface area (Å²) in [6.45, 7) is 5.18. The lowest BCUT2D eigenvalue weighted by atomic mass is 9.80. The van der Waals surface area contributed by atoms with Crippen LogP contribution in [0.1, 0.15) is 18.9 Å². The summed E-state index contributed by atoms with van der Waals surface area (Å²) < 4.78 is 13.1. The van der Waals surface area contributed by atoms with Gasteiger partial charge in [0, 0.05) is 5.69 Å². The third-order valence-corrected chi connectivity index (χ3v) is 3.01. The molecule has 0 aromatic heterocycles. The van der Waals surface area contributed by atoms with Gasteiger partial charge in [0.25, 0.3) is 0 Å². The van der Waals surface area contributed by atoms with Gasteiger partial charge in [-0.15, -0.1) is 6.58 Å². The van der Waals surface area contributed by atoms with E-state index in [1.54, 1.807) is 13.0 Å². The summed E-state index contributed by atoms with van der Waals surface area (Å²) in [5.41, 5.74) is 5.44. The number of nitrogens with two attached hydrogens (primary N) is 1. The van der Waals surface area contributed by atoms with Gasteiger partial charge in [-0.25, -0.2) is 4.39 Å². The molecule has 1 rings (SSSR count). The Balaban J connectivity index is 3.36. The number of benzene rings is 1. The maximum absolute atomic E-state index is 13.1. The second-order valence-electron chi connectivity index (χ2n) is 3.83. The van der Waals surface area contributed by atoms with Crippen LogP contribution in [0.15, 0.2) is 30.9 Å². The molecule has 4 heteroatoms. The van der Waals surface area contributed by atoms with Crippen LogP contribution in [0.3, 0.4) is 0 Å². The zero-order valence-electron chi connectivity index (χ0n) is 8.97. The van der Waals surface area contributed by atoms with Gasteiger partial charge in [0.15, 0.2) is 0 Å². The number of halogens is 2. The lowest BCUT2D eigenvalue weighted by molar-refractivity contribution is -0.116. The van der Waals surface area contributed by atoms with Crippen molar-refractivity contribution in [2.24, 2.45) is 0 Å². The number of nitrogen functional groups attached to an aromatic ring is 1. The number of allylic oxidation sites excluding steroid dienone is 1. The van der Waals surface area contributed by atoms with Gasteiger partial charge >= 0.3 is 0 Å². The molecule has 1 aromatic carbocycles. The Bertz CT molecular complexity index is 433. The summed E-state index contributed by atoms with van der Waals surface area (Å²) in [5.74, 6) is -0.447. The quantitative estimate of drug-likeness (QED) is 0.500. The van der Waals surface area contributed by atoms with Crippen LogP contribution < -0.4 is 5.73 Å². The number of rotatable bonds is 4. The smallest absolute Gasteiger partial charge is 0.232 e. The largest absolute Gasteiger partial charge is 0.398 e. The average Bonchev–Trinajstić information content (AvgIpc) is 2.21. The molecule has 86 valence electrons. The summed E-state index contributed by atoms with van der Waals surface area (Å²) in [6.07, 6.45) is 1.87. The Morgan fingerprint density at radius 1 is 1.69 bits per heavy atom. The first-order valence-electron chi connectivity index (χ1n) is 4.78. The number of carbonyl (C=O) groups is 1. The van der Waals surface area contributed by atoms with Crippen LogP contribution in [0, 0.1) is 5.82 Å². The van der Waals surface area contributed by atoms with Crippen molar-refractivity contribution in [3.05, 3.63) is 42.2 Å². The molecule has 0 radical (unpaired) electrons. The van der Waals surface area contributed by atoms with Gasteiger partial charge in [0.2, 0.25) is 5.24 Å². The normalized spacial score (nSPS) is 14.2. The van der Waals surface area contributed by atoms with E-state index >= 15 is 0 Å². The first-order valence-corrected chi connectivity index (χ1v) is 5.16. The predicted octanol–water partition coefficient (Wildman–Crippen LogP) is 3.01. The molecular weight excluding hydrogens is 229 g/mol. The van der Waals surface area contributed by atoms with Crippen LogP contribution in [-0.4, -0.2) is 5.24 Å². The van der Waals surface area contributed by atoms with E-state index in [1.807, 2.05) is 0 Å². The average molecular weight is 242 g/mol. The SMILES string of the molecule is C=CCC(C)(C(=O)Cl)c1cc(F)ccc1N. The fourth-order valence-electron chi connectivity index (χ4n) is 1.59. The van der Waals surface area contributed by atoms with Crippen LogP contribution >= 0.6 is 11.6 Å². The second-order valence-corrected chi connectivity index (χ2v) is 4.17. The van der Waals surface area contributed by atoms with E-state index < -0.39 is 16.5 Å². The molecule has 0 saturated carbocycles. The molecule has 0 bridgehead atoms. The molecule has 2 nitrogen and oxygen atoms in total. The number of hydrogen-bond donors (Lipinski definition) is 1. The van der Waals surface area contributed by atoms with E-state index in [9.17, 15) is 9.18 Å². The van der Waals surface area contributed by atoms with Crippen LogP contribution in [0.4, 0.5) is 10.1 Å². The fraction of sp³-hybridized carbons (Fsp3) is 0.250. The van der Waals surface area contributed by atoms with E-state index in [-0.39, 0.29) is 0 Å². The van der Waals surface area contributed by atoms with E-state index in [0.29, 0.717) is 17.7 Å². The van der Waals surface area contributed by atoms with Gasteiger partial charge in [0.1, 0.15) is 5.82 Å². The summed E-state index contributed by atoms with van der Waals surface area (Å²) in [5, 5.41) is -0.579. The first kappa shape index (κ1) is 12.7. The molecule has 0 saturated heterocycles. The number of hydrogen-bond acceptors (Lipinski definition) is 2. The number of carbonyl (C=O) groups excluding carboxylic acids is 1. The lowest BCUT2D eigenvalue weighted by Crippen LogP contribution is -2.29. The topological polar surface area (TPSA) is 43.1 Å². The van der Waals surface area contributed by atoms with Crippen LogP contribution in [0.25, 0.3) is 0 Å². The highest BCUT2D eigenvalue weighted by molar-refractivity contribution is 6.65. The van der Waals surface area contributed by atoms with Crippen molar-refractivity contribution in [1.82, 2.24) is 0 Å². The van der Waals surface area contributed by atoms with E-state index in [1.165, 1.54) is 18.2 Å². The van der Waals surface area contributed by atoms with Crippen molar-refractivity contribution in [2.75, 3.05) is 5.73 Å². The summed E-state index contributed by atoms with van der Waals surface area (Å²) in [7, 11) is 0. The van der Waals surface area contributed by atoms with Gasteiger partial charge in [-0.05, 0) is 48.7 Å². The van der Waals surface area contributed by atoms with Crippen molar-refractivity contribution >= 4 is 22.5 Å². The van der Waals surface area contributed by atoms with Crippen LogP contribution in [0.5, 0.6) is 0 Å². The Morgan fingerprint density at radius 2 is 2.31 bits per heavy atom. The maximum atomic E-state index is 13.1. The van der Waals surface area contributed by atoms with Gasteiger partial charge in [-0.1, -0.05) is 6.08 Å². The zero-order valence-corrected chi connectivity index (χ0v) is 9.72. The van der Waals surface area contributed by atoms with E-state index in [2.05, 4.69) is 6.58 Å². The van der Waals surface area contributed by atoms with Gasteiger partial charge < -0.3 is 5.73 Å². The standard InChI is InChI=1S/C12H13ClFNO/c1-3-6-12(2,11(13)16)9-7-8(14)4-5-10(9)15/h3-5,7H,1,6,15H2,2H3. The molecule has 16 heavy (non-hydrogen) atoms. The highest BCUT2D eigenvalue weighted by Gasteiger charge is 2.34. The molecule has 1 aromatic rings. The fourth-order valence-corrected chi connectivity index (χ4v) is 1.77. The van der Waals surface area contributed by atoms with Crippen molar-refractivity contribution in [3.8, 4) is 0 Å². The molecule has 0 aliphatic rings. The lowest BCUT2D eigenvalue weighted by Gasteiger charge is -2.25. The molecule has 0 spiro atoms. The minimum absolute atomic E-state index is 0.309. The van der Waals surface area contributed by atoms with Crippen molar-refractivity contribution in [2.45, 2.75) is 18.8 Å². The Labute approximate surface area is 98.9 Å². The van der Waals surface area contributed by atoms with Gasteiger partial charge in [-0.3, -0.25) is 4.79 Å². The summed E-state index contributed by atoms with van der Waals surface area (Å²) in [6, 6.07) is 3.90. The molecular formula is C12H13ClFNO. The Kier molecular flexibility index (Phi) is 3.70. The minimum Gasteiger partial charge on any atom is -0.398 e. The Hall–Kier alpha value is -1.35. The highest BCUT2D eigenvalue weighted by Crippen LogP contribution is 2.34. The van der Waals surface area contributed by atoms with E-state index in [4.69, 9.17) is 17.3 Å². The third-order valence-electron chi connectivity index (χ3n) is 2.60. The second kappa shape index (κ2) is 4.66. The summed E-state index contributed by atoms with van der Waals surface area (Å²) in [4.78, 5) is 11.5. The molecule has 1 atom stereocenters. The molecule has 1 unspecified atom stereocenters. The minimum atomic E-state index is -1.03. The third kappa shape index (κ3) is 2.25.